The van der Waals surface area contributed by atoms with Crippen molar-refractivity contribution in [3.63, 3.8) is 0 Å². The van der Waals surface area contributed by atoms with Gasteiger partial charge in [0.2, 0.25) is 0 Å². The van der Waals surface area contributed by atoms with Gasteiger partial charge in [0.15, 0.2) is 6.61 Å². The standard InChI is InChI=1S/C14H19NO3/c1-2-17-14(16)10-18-13-7-3-11(4-8-13)9-15-12-5-6-12/h3-4,7-8,12,15H,2,5-6,9-10H2,1H3. The lowest BCUT2D eigenvalue weighted by Gasteiger charge is -2.07. The van der Waals surface area contributed by atoms with E-state index >= 15 is 0 Å². The van der Waals surface area contributed by atoms with Crippen molar-refractivity contribution in [1.29, 1.82) is 0 Å². The zero-order chi connectivity index (χ0) is 12.8. The van der Waals surface area contributed by atoms with Crippen LogP contribution in [0.1, 0.15) is 25.3 Å². The molecule has 0 atom stereocenters. The largest absolute Gasteiger partial charge is 0.482 e. The van der Waals surface area contributed by atoms with E-state index in [1.54, 1.807) is 6.92 Å². The Hall–Kier alpha value is -1.55. The number of hydrogen-bond acceptors (Lipinski definition) is 4. The van der Waals surface area contributed by atoms with E-state index in [4.69, 9.17) is 9.47 Å². The lowest BCUT2D eigenvalue weighted by atomic mass is 10.2. The van der Waals surface area contributed by atoms with Gasteiger partial charge in [-0.2, -0.15) is 0 Å². The summed E-state index contributed by atoms with van der Waals surface area (Å²) in [6, 6.07) is 8.49. The van der Waals surface area contributed by atoms with Crippen molar-refractivity contribution in [3.05, 3.63) is 29.8 Å². The fourth-order valence-corrected chi connectivity index (χ4v) is 1.60. The molecule has 0 amide bonds. The van der Waals surface area contributed by atoms with Crippen LogP contribution in [0.2, 0.25) is 0 Å². The summed E-state index contributed by atoms with van der Waals surface area (Å²) in [4.78, 5) is 11.1. The van der Waals surface area contributed by atoms with Crippen molar-refractivity contribution in [3.8, 4) is 5.75 Å². The molecule has 4 nitrogen and oxygen atoms in total. The van der Waals surface area contributed by atoms with E-state index in [0.29, 0.717) is 18.4 Å². The van der Waals surface area contributed by atoms with E-state index in [1.807, 2.05) is 24.3 Å². The summed E-state index contributed by atoms with van der Waals surface area (Å²) in [6.45, 7) is 3.02. The predicted octanol–water partition coefficient (Wildman–Crippen LogP) is 1.88. The van der Waals surface area contributed by atoms with E-state index in [2.05, 4.69) is 5.32 Å². The Morgan fingerprint density at radius 2 is 2.06 bits per heavy atom. The molecule has 0 unspecified atom stereocenters. The smallest absolute Gasteiger partial charge is 0.344 e. The number of benzene rings is 1. The SMILES string of the molecule is CCOC(=O)COc1ccc(CNC2CC2)cc1. The van der Waals surface area contributed by atoms with Gasteiger partial charge in [0, 0.05) is 12.6 Å². The topological polar surface area (TPSA) is 47.6 Å². The minimum Gasteiger partial charge on any atom is -0.482 e. The van der Waals surface area contributed by atoms with Crippen molar-refractivity contribution in [2.75, 3.05) is 13.2 Å². The summed E-state index contributed by atoms with van der Waals surface area (Å²) >= 11 is 0. The van der Waals surface area contributed by atoms with Gasteiger partial charge in [0.25, 0.3) is 0 Å². The molecule has 0 aromatic heterocycles. The minimum absolute atomic E-state index is 0.0342. The maximum atomic E-state index is 11.1. The fraction of sp³-hybridized carbons (Fsp3) is 0.500. The third-order valence-electron chi connectivity index (χ3n) is 2.76. The predicted molar refractivity (Wildman–Crippen MR) is 68.4 cm³/mol. The van der Waals surface area contributed by atoms with Crippen molar-refractivity contribution < 1.29 is 14.3 Å². The third-order valence-corrected chi connectivity index (χ3v) is 2.76. The van der Waals surface area contributed by atoms with Gasteiger partial charge in [-0.1, -0.05) is 12.1 Å². The second-order valence-electron chi connectivity index (χ2n) is 4.39. The normalized spacial score (nSPS) is 14.3. The average molecular weight is 249 g/mol. The van der Waals surface area contributed by atoms with Crippen molar-refractivity contribution in [2.45, 2.75) is 32.4 Å². The first-order chi connectivity index (χ1) is 8.78. The Morgan fingerprint density at radius 3 is 2.67 bits per heavy atom. The monoisotopic (exact) mass is 249 g/mol. The molecule has 4 heteroatoms. The van der Waals surface area contributed by atoms with Gasteiger partial charge >= 0.3 is 5.97 Å². The number of hydrogen-bond donors (Lipinski definition) is 1. The molecule has 0 saturated heterocycles. The first kappa shape index (κ1) is 12.9. The van der Waals surface area contributed by atoms with Gasteiger partial charge in [-0.15, -0.1) is 0 Å². The highest BCUT2D eigenvalue weighted by Gasteiger charge is 2.19. The van der Waals surface area contributed by atoms with Crippen LogP contribution in [0.15, 0.2) is 24.3 Å². The second kappa shape index (κ2) is 6.40. The highest BCUT2D eigenvalue weighted by molar-refractivity contribution is 5.71. The molecule has 1 fully saturated rings. The van der Waals surface area contributed by atoms with Gasteiger partial charge in [0.05, 0.1) is 6.61 Å². The Balaban J connectivity index is 1.73. The van der Waals surface area contributed by atoms with Crippen LogP contribution in [0.3, 0.4) is 0 Å². The number of ether oxygens (including phenoxy) is 2. The van der Waals surface area contributed by atoms with Crippen LogP contribution >= 0.6 is 0 Å². The van der Waals surface area contributed by atoms with Crippen LogP contribution in [-0.2, 0) is 16.1 Å². The lowest BCUT2D eigenvalue weighted by molar-refractivity contribution is -0.145. The lowest BCUT2D eigenvalue weighted by Crippen LogP contribution is -2.15. The van der Waals surface area contributed by atoms with Crippen LogP contribution in [0.25, 0.3) is 0 Å². The number of carbonyl (C=O) groups excluding carboxylic acids is 1. The first-order valence-electron chi connectivity index (χ1n) is 6.38. The van der Waals surface area contributed by atoms with E-state index in [9.17, 15) is 4.79 Å². The molecule has 2 rings (SSSR count). The molecule has 1 aliphatic carbocycles. The van der Waals surface area contributed by atoms with Crippen molar-refractivity contribution in [2.24, 2.45) is 0 Å². The van der Waals surface area contributed by atoms with Crippen molar-refractivity contribution in [1.82, 2.24) is 5.32 Å². The summed E-state index contributed by atoms with van der Waals surface area (Å²) in [5, 5.41) is 3.44. The fourth-order valence-electron chi connectivity index (χ4n) is 1.60. The molecule has 1 N–H and O–H groups in total. The van der Waals surface area contributed by atoms with E-state index in [1.165, 1.54) is 18.4 Å². The Labute approximate surface area is 107 Å². The van der Waals surface area contributed by atoms with Gasteiger partial charge in [-0.25, -0.2) is 4.79 Å². The second-order valence-corrected chi connectivity index (χ2v) is 4.39. The van der Waals surface area contributed by atoms with Gasteiger partial charge in [-0.05, 0) is 37.5 Å². The Bertz CT molecular complexity index is 385. The quantitative estimate of drug-likeness (QED) is 0.750. The molecule has 0 radical (unpaired) electrons. The molecule has 0 spiro atoms. The molecule has 1 aromatic carbocycles. The molecule has 18 heavy (non-hydrogen) atoms. The molecular weight excluding hydrogens is 230 g/mol. The molecule has 0 aliphatic heterocycles. The molecule has 98 valence electrons. The average Bonchev–Trinajstić information content (AvgIpc) is 3.19. The molecule has 0 bridgehead atoms. The van der Waals surface area contributed by atoms with Crippen LogP contribution in [0, 0.1) is 0 Å². The number of carbonyl (C=O) groups is 1. The molecular formula is C14H19NO3. The van der Waals surface area contributed by atoms with Crippen LogP contribution < -0.4 is 10.1 Å². The molecule has 0 heterocycles. The summed E-state index contributed by atoms with van der Waals surface area (Å²) in [7, 11) is 0. The Kier molecular flexibility index (Phi) is 4.59. The van der Waals surface area contributed by atoms with Crippen LogP contribution in [-0.4, -0.2) is 25.2 Å². The Morgan fingerprint density at radius 1 is 1.33 bits per heavy atom. The van der Waals surface area contributed by atoms with E-state index in [-0.39, 0.29) is 12.6 Å². The molecule has 1 saturated carbocycles. The van der Waals surface area contributed by atoms with Crippen LogP contribution in [0.4, 0.5) is 0 Å². The minimum atomic E-state index is -0.336. The van der Waals surface area contributed by atoms with E-state index < -0.39 is 0 Å². The van der Waals surface area contributed by atoms with E-state index in [0.717, 1.165) is 6.54 Å². The maximum absolute atomic E-state index is 11.1. The first-order valence-corrected chi connectivity index (χ1v) is 6.38. The third kappa shape index (κ3) is 4.37. The zero-order valence-electron chi connectivity index (χ0n) is 10.6. The maximum Gasteiger partial charge on any atom is 0.344 e. The van der Waals surface area contributed by atoms with Crippen molar-refractivity contribution >= 4 is 5.97 Å². The van der Waals surface area contributed by atoms with Crippen LogP contribution in [0.5, 0.6) is 5.75 Å². The van der Waals surface area contributed by atoms with Gasteiger partial charge < -0.3 is 14.8 Å². The summed E-state index contributed by atoms with van der Waals surface area (Å²) in [6.07, 6.45) is 2.58. The number of esters is 1. The highest BCUT2D eigenvalue weighted by Crippen LogP contribution is 2.19. The number of nitrogens with one attached hydrogen (secondary N) is 1. The summed E-state index contributed by atoms with van der Waals surface area (Å²) in [5.41, 5.74) is 1.23. The zero-order valence-corrected chi connectivity index (χ0v) is 10.6. The molecule has 1 aromatic rings. The van der Waals surface area contributed by atoms with Gasteiger partial charge in [0.1, 0.15) is 5.75 Å². The summed E-state index contributed by atoms with van der Waals surface area (Å²) in [5.74, 6) is 0.357. The molecule has 1 aliphatic rings. The van der Waals surface area contributed by atoms with Gasteiger partial charge in [-0.3, -0.25) is 0 Å². The number of rotatable bonds is 7. The summed E-state index contributed by atoms with van der Waals surface area (Å²) < 4.78 is 10.1. The highest BCUT2D eigenvalue weighted by atomic mass is 16.6.